The molecule has 1 aliphatic rings. The Hall–Kier alpha value is -4.23. The molecule has 1 amide bonds. The Morgan fingerprint density at radius 2 is 1.84 bits per heavy atom. The fourth-order valence-corrected chi connectivity index (χ4v) is 5.67. The maximum absolute atomic E-state index is 15.0. The van der Waals surface area contributed by atoms with Crippen molar-refractivity contribution in [3.8, 4) is 22.8 Å². The van der Waals surface area contributed by atoms with Gasteiger partial charge < -0.3 is 19.5 Å². The van der Waals surface area contributed by atoms with Gasteiger partial charge >= 0.3 is 6.18 Å². The molecular formula is C30H31F4N5O4. The van der Waals surface area contributed by atoms with Crippen molar-refractivity contribution in [2.45, 2.75) is 32.1 Å². The van der Waals surface area contributed by atoms with Gasteiger partial charge in [-0.1, -0.05) is 12.1 Å². The van der Waals surface area contributed by atoms with Gasteiger partial charge in [-0.05, 0) is 44.2 Å². The molecule has 0 aliphatic carbocycles. The topological polar surface area (TPSA) is 92.4 Å². The van der Waals surface area contributed by atoms with Crippen LogP contribution in [0.25, 0.3) is 16.9 Å². The average Bonchev–Trinajstić information content (AvgIpc) is 3.40. The maximum Gasteiger partial charge on any atom is 0.433 e. The van der Waals surface area contributed by atoms with Gasteiger partial charge in [-0.15, -0.1) is 0 Å². The van der Waals surface area contributed by atoms with E-state index in [1.165, 1.54) is 32.1 Å². The quantitative estimate of drug-likeness (QED) is 0.306. The fraction of sp³-hybridized carbons (Fsp3) is 0.367. The Balaban J connectivity index is 1.48. The Kier molecular flexibility index (Phi) is 8.30. The minimum atomic E-state index is -4.77. The van der Waals surface area contributed by atoms with Gasteiger partial charge in [0.1, 0.15) is 11.3 Å². The first-order valence-corrected chi connectivity index (χ1v) is 13.6. The van der Waals surface area contributed by atoms with Crippen LogP contribution in [0.3, 0.4) is 0 Å². The summed E-state index contributed by atoms with van der Waals surface area (Å²) in [7, 11) is 2.84. The summed E-state index contributed by atoms with van der Waals surface area (Å²) in [6, 6.07) is 10.0. The van der Waals surface area contributed by atoms with E-state index in [1.54, 1.807) is 43.3 Å². The molecule has 13 heteroatoms. The zero-order chi connectivity index (χ0) is 31.1. The molecule has 0 unspecified atom stereocenters. The molecule has 2 aromatic carbocycles. The summed E-state index contributed by atoms with van der Waals surface area (Å²) in [6.45, 7) is 3.49. The number of aliphatic hydroxyl groups is 1. The molecule has 0 saturated carbocycles. The number of carbonyl (C=O) groups is 1. The Labute approximate surface area is 245 Å². The number of carbonyl (C=O) groups excluding carboxylic acids is 1. The first-order chi connectivity index (χ1) is 20.5. The number of ether oxygens (including phenoxy) is 2. The summed E-state index contributed by atoms with van der Waals surface area (Å²) < 4.78 is 68.9. The molecule has 5 rings (SSSR count). The Morgan fingerprint density at radius 1 is 1.12 bits per heavy atom. The lowest BCUT2D eigenvalue weighted by Crippen LogP contribution is -2.55. The third-order valence-electron chi connectivity index (χ3n) is 7.85. The third kappa shape index (κ3) is 5.50. The normalized spacial score (nSPS) is 16.9. The van der Waals surface area contributed by atoms with Crippen LogP contribution < -0.4 is 9.47 Å². The van der Waals surface area contributed by atoms with E-state index >= 15 is 4.39 Å². The minimum Gasteiger partial charge on any atom is -0.497 e. The number of hydrogen-bond donors (Lipinski definition) is 1. The van der Waals surface area contributed by atoms with E-state index in [0.29, 0.717) is 15.8 Å². The zero-order valence-corrected chi connectivity index (χ0v) is 24.0. The van der Waals surface area contributed by atoms with E-state index in [-0.39, 0.29) is 60.0 Å². The summed E-state index contributed by atoms with van der Waals surface area (Å²) in [4.78, 5) is 21.7. The second kappa shape index (κ2) is 11.8. The summed E-state index contributed by atoms with van der Waals surface area (Å²) in [5, 5.41) is 14.1. The minimum absolute atomic E-state index is 0.0564. The summed E-state index contributed by atoms with van der Waals surface area (Å²) in [5.41, 5.74) is -0.677. The Morgan fingerprint density at radius 3 is 2.44 bits per heavy atom. The standard InChI is InChI=1S/C30H31F4N5O4/c1-17-15-37(23(16-40)21-6-5-7-24(43-4)25(21)31)12-13-38(17)29(41)22-14-35-39-27(30(32,33)34)18(2)26(36-28(22)39)19-8-10-20(42-3)11-9-19/h5-11,14,17,23,40H,12-13,15-16H2,1-4H3/t17-,23+/m1/s1. The van der Waals surface area contributed by atoms with Crippen molar-refractivity contribution in [2.24, 2.45) is 0 Å². The highest BCUT2D eigenvalue weighted by molar-refractivity contribution is 6.00. The van der Waals surface area contributed by atoms with Crippen LogP contribution >= 0.6 is 0 Å². The first-order valence-electron chi connectivity index (χ1n) is 13.6. The molecular weight excluding hydrogens is 570 g/mol. The molecule has 4 aromatic rings. The molecule has 1 N–H and O–H groups in total. The molecule has 1 saturated heterocycles. The molecule has 0 spiro atoms. The second-order valence-corrected chi connectivity index (χ2v) is 10.4. The molecule has 2 aromatic heterocycles. The number of amides is 1. The number of rotatable bonds is 7. The number of fused-ring (bicyclic) bond motifs is 1. The second-order valence-electron chi connectivity index (χ2n) is 10.4. The molecule has 3 heterocycles. The highest BCUT2D eigenvalue weighted by Crippen LogP contribution is 2.37. The van der Waals surface area contributed by atoms with Crippen LogP contribution in [-0.4, -0.2) is 81.9 Å². The average molecular weight is 602 g/mol. The van der Waals surface area contributed by atoms with E-state index in [4.69, 9.17) is 9.47 Å². The molecule has 0 radical (unpaired) electrons. The SMILES string of the molecule is COc1ccc(-c2nc3c(C(=O)N4CCN([C@@H](CO)c5cccc(OC)c5F)C[C@H]4C)cnn3c(C(F)(F)F)c2C)cc1. The molecule has 1 fully saturated rings. The lowest BCUT2D eigenvalue weighted by Gasteiger charge is -2.43. The van der Waals surface area contributed by atoms with Crippen LogP contribution in [-0.2, 0) is 6.18 Å². The smallest absolute Gasteiger partial charge is 0.433 e. The van der Waals surface area contributed by atoms with E-state index < -0.39 is 35.7 Å². The van der Waals surface area contributed by atoms with Crippen LogP contribution in [0.15, 0.2) is 48.7 Å². The van der Waals surface area contributed by atoms with Gasteiger partial charge in [0.05, 0.1) is 38.8 Å². The predicted molar refractivity (Wildman–Crippen MR) is 150 cm³/mol. The molecule has 228 valence electrons. The van der Waals surface area contributed by atoms with Gasteiger partial charge in [0, 0.05) is 42.4 Å². The van der Waals surface area contributed by atoms with E-state index in [2.05, 4.69) is 10.1 Å². The lowest BCUT2D eigenvalue weighted by atomic mass is 10.0. The highest BCUT2D eigenvalue weighted by Gasteiger charge is 2.40. The van der Waals surface area contributed by atoms with Crippen LogP contribution in [0, 0.1) is 12.7 Å². The van der Waals surface area contributed by atoms with Crippen molar-refractivity contribution in [1.29, 1.82) is 0 Å². The van der Waals surface area contributed by atoms with Crippen LogP contribution in [0.4, 0.5) is 17.6 Å². The molecule has 9 nitrogen and oxygen atoms in total. The van der Waals surface area contributed by atoms with Gasteiger partial charge in [-0.3, -0.25) is 9.69 Å². The number of halogens is 4. The van der Waals surface area contributed by atoms with E-state index in [9.17, 15) is 23.1 Å². The van der Waals surface area contributed by atoms with Gasteiger partial charge in [-0.25, -0.2) is 13.9 Å². The van der Waals surface area contributed by atoms with Gasteiger partial charge in [0.25, 0.3) is 5.91 Å². The molecule has 2 atom stereocenters. The number of hydrogen-bond acceptors (Lipinski definition) is 7. The van der Waals surface area contributed by atoms with Crippen molar-refractivity contribution in [3.05, 3.63) is 76.9 Å². The monoisotopic (exact) mass is 601 g/mol. The molecule has 1 aliphatic heterocycles. The zero-order valence-electron chi connectivity index (χ0n) is 24.0. The fourth-order valence-electron chi connectivity index (χ4n) is 5.67. The van der Waals surface area contributed by atoms with Crippen LogP contribution in [0.2, 0.25) is 0 Å². The number of piperazine rings is 1. The highest BCUT2D eigenvalue weighted by atomic mass is 19.4. The Bertz CT molecular complexity index is 1640. The summed E-state index contributed by atoms with van der Waals surface area (Å²) >= 11 is 0. The number of aromatic nitrogens is 3. The van der Waals surface area contributed by atoms with Gasteiger partial charge in [0.15, 0.2) is 22.9 Å². The number of aliphatic hydroxyl groups excluding tert-OH is 1. The van der Waals surface area contributed by atoms with E-state index in [0.717, 1.165) is 6.20 Å². The molecule has 43 heavy (non-hydrogen) atoms. The number of methoxy groups -OCH3 is 2. The summed E-state index contributed by atoms with van der Waals surface area (Å²) in [6.07, 6.45) is -3.66. The van der Waals surface area contributed by atoms with Crippen molar-refractivity contribution in [2.75, 3.05) is 40.5 Å². The summed E-state index contributed by atoms with van der Waals surface area (Å²) in [5.74, 6) is -0.512. The number of alkyl halides is 3. The van der Waals surface area contributed by atoms with Gasteiger partial charge in [0.2, 0.25) is 0 Å². The van der Waals surface area contributed by atoms with Crippen LogP contribution in [0.1, 0.15) is 40.1 Å². The van der Waals surface area contributed by atoms with Crippen molar-refractivity contribution < 1.29 is 36.9 Å². The first kappa shape index (κ1) is 30.2. The van der Waals surface area contributed by atoms with Gasteiger partial charge in [-0.2, -0.15) is 18.3 Å². The predicted octanol–water partition coefficient (Wildman–Crippen LogP) is 4.76. The lowest BCUT2D eigenvalue weighted by molar-refractivity contribution is -0.143. The molecule has 0 bridgehead atoms. The third-order valence-corrected chi connectivity index (χ3v) is 7.85. The number of nitrogens with zero attached hydrogens (tertiary/aromatic N) is 5. The largest absolute Gasteiger partial charge is 0.497 e. The van der Waals surface area contributed by atoms with Crippen molar-refractivity contribution in [3.63, 3.8) is 0 Å². The maximum atomic E-state index is 15.0. The number of benzene rings is 2. The van der Waals surface area contributed by atoms with Crippen LogP contribution in [0.5, 0.6) is 11.5 Å². The van der Waals surface area contributed by atoms with E-state index in [1.807, 2.05) is 4.90 Å². The van der Waals surface area contributed by atoms with Crippen molar-refractivity contribution in [1.82, 2.24) is 24.4 Å². The van der Waals surface area contributed by atoms with Crippen molar-refractivity contribution >= 4 is 11.6 Å².